The topological polar surface area (TPSA) is 55.2 Å². The maximum Gasteiger partial charge on any atom is 0.402 e. The van der Waals surface area contributed by atoms with Crippen molar-refractivity contribution in [1.29, 1.82) is 0 Å². The first-order valence-corrected chi connectivity index (χ1v) is 8.89. The van der Waals surface area contributed by atoms with Gasteiger partial charge in [0.05, 0.1) is 6.33 Å². The van der Waals surface area contributed by atoms with E-state index in [1.165, 1.54) is 19.4 Å². The molecular formula is C14H24F3N3O2S. The number of hydrogen-bond acceptors (Lipinski definition) is 3. The van der Waals surface area contributed by atoms with Gasteiger partial charge in [-0.3, -0.25) is 0 Å². The molecule has 0 aromatic carbocycles. The van der Waals surface area contributed by atoms with Crippen molar-refractivity contribution in [2.45, 2.75) is 58.4 Å². The number of rotatable bonds is 7. The Labute approximate surface area is 135 Å². The minimum Gasteiger partial charge on any atom is -0.336 e. The van der Waals surface area contributed by atoms with Crippen molar-refractivity contribution in [2.75, 3.05) is 6.54 Å². The van der Waals surface area contributed by atoms with Crippen LogP contribution in [0.2, 0.25) is 0 Å². The Morgan fingerprint density at radius 3 is 2.22 bits per heavy atom. The van der Waals surface area contributed by atoms with E-state index < -0.39 is 28.8 Å². The highest BCUT2D eigenvalue weighted by Crippen LogP contribution is 2.26. The number of imidazole rings is 1. The highest BCUT2D eigenvalue weighted by Gasteiger charge is 2.41. The third-order valence-corrected chi connectivity index (χ3v) is 5.33. The number of alkyl halides is 3. The first-order valence-electron chi connectivity index (χ1n) is 7.45. The summed E-state index contributed by atoms with van der Waals surface area (Å²) in [5, 5.41) is -0.352. The second-order valence-electron chi connectivity index (χ2n) is 6.45. The minimum atomic E-state index is -4.61. The van der Waals surface area contributed by atoms with Crippen LogP contribution in [0.3, 0.4) is 0 Å². The predicted molar refractivity (Wildman–Crippen MR) is 81.3 cm³/mol. The number of aromatic nitrogens is 2. The average Bonchev–Trinajstić information content (AvgIpc) is 2.82. The molecule has 5 nitrogen and oxygen atoms in total. The van der Waals surface area contributed by atoms with Crippen LogP contribution in [0.1, 0.15) is 34.6 Å². The van der Waals surface area contributed by atoms with E-state index in [4.69, 9.17) is 0 Å². The molecule has 0 aliphatic carbocycles. The molecule has 0 bridgehead atoms. The van der Waals surface area contributed by atoms with Gasteiger partial charge in [0.25, 0.3) is 10.0 Å². The van der Waals surface area contributed by atoms with Gasteiger partial charge in [0.1, 0.15) is 6.54 Å². The summed E-state index contributed by atoms with van der Waals surface area (Å²) in [6.07, 6.45) is -2.00. The molecule has 0 unspecified atom stereocenters. The molecule has 0 spiro atoms. The molecule has 0 saturated carbocycles. The van der Waals surface area contributed by atoms with Gasteiger partial charge < -0.3 is 4.57 Å². The number of hydrogen-bond donors (Lipinski definition) is 0. The summed E-state index contributed by atoms with van der Waals surface area (Å²) in [7, 11) is -4.31. The quantitative estimate of drug-likeness (QED) is 0.755. The zero-order valence-corrected chi connectivity index (χ0v) is 14.8. The van der Waals surface area contributed by atoms with E-state index in [0.717, 1.165) is 0 Å². The van der Waals surface area contributed by atoms with Crippen molar-refractivity contribution in [1.82, 2.24) is 13.9 Å². The Morgan fingerprint density at radius 2 is 1.78 bits per heavy atom. The molecule has 0 radical (unpaired) electrons. The van der Waals surface area contributed by atoms with Crippen LogP contribution in [0.4, 0.5) is 13.2 Å². The molecule has 0 aliphatic rings. The lowest BCUT2D eigenvalue weighted by Crippen LogP contribution is -2.46. The third kappa shape index (κ3) is 5.49. The van der Waals surface area contributed by atoms with Gasteiger partial charge in [0.15, 0.2) is 5.03 Å². The molecule has 0 N–H and O–H groups in total. The molecular weight excluding hydrogens is 331 g/mol. The van der Waals surface area contributed by atoms with Crippen molar-refractivity contribution in [3.05, 3.63) is 12.5 Å². The lowest BCUT2D eigenvalue weighted by molar-refractivity contribution is -0.140. The Kier molecular flexibility index (Phi) is 6.25. The molecule has 0 fully saturated rings. The summed E-state index contributed by atoms with van der Waals surface area (Å²) in [4.78, 5) is 3.80. The highest BCUT2D eigenvalue weighted by atomic mass is 32.2. The molecule has 1 aromatic heterocycles. The molecule has 1 rings (SSSR count). The Morgan fingerprint density at radius 1 is 1.22 bits per heavy atom. The molecule has 1 atom stereocenters. The predicted octanol–water partition coefficient (Wildman–Crippen LogP) is 3.14. The van der Waals surface area contributed by atoms with Crippen LogP contribution in [0.15, 0.2) is 17.6 Å². The summed E-state index contributed by atoms with van der Waals surface area (Å²) < 4.78 is 65.7. The van der Waals surface area contributed by atoms with Crippen molar-refractivity contribution >= 4 is 10.0 Å². The highest BCUT2D eigenvalue weighted by molar-refractivity contribution is 7.89. The van der Waals surface area contributed by atoms with E-state index >= 15 is 0 Å². The van der Waals surface area contributed by atoms with Crippen molar-refractivity contribution in [3.63, 3.8) is 0 Å². The van der Waals surface area contributed by atoms with E-state index in [9.17, 15) is 21.6 Å². The van der Waals surface area contributed by atoms with Crippen LogP contribution in [-0.2, 0) is 16.6 Å². The fraction of sp³-hybridized carbons (Fsp3) is 0.786. The van der Waals surface area contributed by atoms with Gasteiger partial charge in [-0.25, -0.2) is 13.4 Å². The Hall–Kier alpha value is -1.09. The Balaban J connectivity index is 3.19. The number of nitrogens with zero attached hydrogens (tertiary/aromatic N) is 3. The van der Waals surface area contributed by atoms with Crippen molar-refractivity contribution < 1.29 is 21.6 Å². The fourth-order valence-electron chi connectivity index (χ4n) is 2.07. The lowest BCUT2D eigenvalue weighted by Gasteiger charge is -2.30. The van der Waals surface area contributed by atoms with Crippen LogP contribution in [0.5, 0.6) is 0 Å². The first kappa shape index (κ1) is 20.0. The van der Waals surface area contributed by atoms with Crippen molar-refractivity contribution in [3.8, 4) is 0 Å². The van der Waals surface area contributed by atoms with Gasteiger partial charge in [-0.15, -0.1) is 0 Å². The maximum atomic E-state index is 12.8. The van der Waals surface area contributed by atoms with E-state index in [1.54, 1.807) is 18.4 Å². The molecule has 0 amide bonds. The number of sulfonamides is 1. The summed E-state index contributed by atoms with van der Waals surface area (Å²) >= 11 is 0. The van der Waals surface area contributed by atoms with Gasteiger partial charge in [-0.1, -0.05) is 27.7 Å². The van der Waals surface area contributed by atoms with Gasteiger partial charge in [0, 0.05) is 18.8 Å². The van der Waals surface area contributed by atoms with Crippen molar-refractivity contribution in [2.24, 2.45) is 11.8 Å². The van der Waals surface area contributed by atoms with Crippen LogP contribution in [0, 0.1) is 11.8 Å². The van der Waals surface area contributed by atoms with E-state index in [1.807, 2.05) is 13.8 Å². The molecule has 134 valence electrons. The second-order valence-corrected chi connectivity index (χ2v) is 8.29. The zero-order chi connectivity index (χ0) is 18.0. The normalized spacial score (nSPS) is 14.9. The number of halogens is 3. The molecule has 23 heavy (non-hydrogen) atoms. The van der Waals surface area contributed by atoms with Gasteiger partial charge >= 0.3 is 6.18 Å². The summed E-state index contributed by atoms with van der Waals surface area (Å²) in [6, 6.07) is -0.795. The summed E-state index contributed by atoms with van der Waals surface area (Å²) in [6.45, 7) is 7.75. The zero-order valence-electron chi connectivity index (χ0n) is 14.0. The second kappa shape index (κ2) is 7.21. The summed E-state index contributed by atoms with van der Waals surface area (Å²) in [5.74, 6) is 0.00509. The van der Waals surface area contributed by atoms with E-state index in [-0.39, 0.29) is 16.9 Å². The van der Waals surface area contributed by atoms with Gasteiger partial charge in [-0.05, 0) is 18.8 Å². The smallest absolute Gasteiger partial charge is 0.336 e. The van der Waals surface area contributed by atoms with Gasteiger partial charge in [0.2, 0.25) is 0 Å². The molecule has 1 heterocycles. The monoisotopic (exact) mass is 355 g/mol. The average molecular weight is 355 g/mol. The van der Waals surface area contributed by atoms with Crippen LogP contribution in [0.25, 0.3) is 0 Å². The third-order valence-electron chi connectivity index (χ3n) is 3.51. The SMILES string of the molecule is CC(C)Cn1cnc(S(=O)(=O)N(CC(F)(F)F)[C@H](C)C(C)C)c1. The van der Waals surface area contributed by atoms with Crippen LogP contribution >= 0.6 is 0 Å². The largest absolute Gasteiger partial charge is 0.402 e. The minimum absolute atomic E-state index is 0.259. The molecule has 0 saturated heterocycles. The standard InChI is InChI=1S/C14H24F3N3O2S/c1-10(2)6-19-7-13(18-9-19)23(21,22)20(8-14(15,16)17)12(5)11(3)4/h7,9-12H,6,8H2,1-5H3/t12-/m1/s1. The maximum absolute atomic E-state index is 12.8. The van der Waals surface area contributed by atoms with Crippen LogP contribution < -0.4 is 0 Å². The molecule has 1 aromatic rings. The molecule has 9 heteroatoms. The van der Waals surface area contributed by atoms with E-state index in [2.05, 4.69) is 4.98 Å². The molecule has 0 aliphatic heterocycles. The lowest BCUT2D eigenvalue weighted by atomic mass is 10.1. The fourth-order valence-corrected chi connectivity index (χ4v) is 3.76. The first-order chi connectivity index (χ1) is 10.3. The Bertz CT molecular complexity index is 609. The van der Waals surface area contributed by atoms with E-state index in [0.29, 0.717) is 10.8 Å². The summed E-state index contributed by atoms with van der Waals surface area (Å²) in [5.41, 5.74) is 0. The van der Waals surface area contributed by atoms with Gasteiger partial charge in [-0.2, -0.15) is 17.5 Å². The van der Waals surface area contributed by atoms with Crippen LogP contribution in [-0.4, -0.2) is 41.0 Å².